The van der Waals surface area contributed by atoms with Crippen molar-refractivity contribution in [3.05, 3.63) is 35.4 Å². The van der Waals surface area contributed by atoms with Gasteiger partial charge in [0.25, 0.3) is 5.91 Å². The minimum atomic E-state index is -3.95. The Hall–Kier alpha value is -2.79. The highest BCUT2D eigenvalue weighted by Crippen LogP contribution is 2.18. The van der Waals surface area contributed by atoms with Crippen LogP contribution in [-0.4, -0.2) is 73.4 Å². The number of amides is 2. The van der Waals surface area contributed by atoms with E-state index in [2.05, 4.69) is 5.32 Å². The molecular formula is C17H21N3O7S. The zero-order valence-electron chi connectivity index (χ0n) is 15.3. The van der Waals surface area contributed by atoms with Crippen LogP contribution in [0.1, 0.15) is 22.8 Å². The average molecular weight is 411 g/mol. The third-order valence-electron chi connectivity index (χ3n) is 4.22. The Morgan fingerprint density at radius 2 is 1.86 bits per heavy atom. The van der Waals surface area contributed by atoms with Crippen LogP contribution in [0.5, 0.6) is 0 Å². The number of nitrogens with zero attached hydrogens (tertiary/aromatic N) is 1. The Bertz CT molecular complexity index is 913. The zero-order chi connectivity index (χ0) is 21.1. The first-order chi connectivity index (χ1) is 13.0. The summed E-state index contributed by atoms with van der Waals surface area (Å²) < 4.78 is 24.6. The number of fused-ring (bicyclic) bond motifs is 1. The fraction of sp³-hybridized carbons (Fsp3) is 0.412. The van der Waals surface area contributed by atoms with E-state index in [9.17, 15) is 32.7 Å². The SMILES string of the molecule is CC(=O)C(NC(=O)CN1CCc2ccccc2C1=O)C(NS(C)(=O)=O)C(=O)O. The van der Waals surface area contributed by atoms with E-state index in [-0.39, 0.29) is 19.0 Å². The molecule has 0 saturated carbocycles. The van der Waals surface area contributed by atoms with Crippen molar-refractivity contribution < 1.29 is 32.7 Å². The van der Waals surface area contributed by atoms with Gasteiger partial charge in [0.05, 0.1) is 12.8 Å². The van der Waals surface area contributed by atoms with Crippen molar-refractivity contribution >= 4 is 33.6 Å². The summed E-state index contributed by atoms with van der Waals surface area (Å²) in [4.78, 5) is 49.4. The number of nitrogens with one attached hydrogen (secondary N) is 2. The van der Waals surface area contributed by atoms with Crippen LogP contribution in [0.15, 0.2) is 24.3 Å². The molecule has 1 aromatic carbocycles. The number of carbonyl (C=O) groups is 4. The molecule has 1 aliphatic rings. The first-order valence-electron chi connectivity index (χ1n) is 8.36. The molecule has 2 unspecified atom stereocenters. The van der Waals surface area contributed by atoms with Gasteiger partial charge in [-0.2, -0.15) is 4.72 Å². The van der Waals surface area contributed by atoms with Crippen molar-refractivity contribution in [2.45, 2.75) is 25.4 Å². The molecule has 2 amide bonds. The van der Waals surface area contributed by atoms with Crippen molar-refractivity contribution in [1.82, 2.24) is 14.9 Å². The molecule has 28 heavy (non-hydrogen) atoms. The van der Waals surface area contributed by atoms with Gasteiger partial charge in [-0.1, -0.05) is 18.2 Å². The number of rotatable bonds is 8. The summed E-state index contributed by atoms with van der Waals surface area (Å²) in [7, 11) is -3.95. The maximum atomic E-state index is 12.5. The zero-order valence-corrected chi connectivity index (χ0v) is 16.2. The Balaban J connectivity index is 2.11. The number of Topliss-reactive ketones (excluding diaryl/α,β-unsaturated/α-hetero) is 1. The number of benzene rings is 1. The van der Waals surface area contributed by atoms with E-state index in [0.717, 1.165) is 18.7 Å². The number of sulfonamides is 1. The highest BCUT2D eigenvalue weighted by atomic mass is 32.2. The van der Waals surface area contributed by atoms with Crippen LogP contribution in [0, 0.1) is 0 Å². The lowest BCUT2D eigenvalue weighted by molar-refractivity contribution is -0.142. The van der Waals surface area contributed by atoms with Crippen LogP contribution in [0.3, 0.4) is 0 Å². The average Bonchev–Trinajstić information content (AvgIpc) is 2.59. The molecule has 0 radical (unpaired) electrons. The molecule has 0 fully saturated rings. The predicted octanol–water partition coefficient (Wildman–Crippen LogP) is -1.24. The van der Waals surface area contributed by atoms with E-state index < -0.39 is 39.8 Å². The van der Waals surface area contributed by atoms with Crippen molar-refractivity contribution in [2.75, 3.05) is 19.3 Å². The summed E-state index contributed by atoms with van der Waals surface area (Å²) >= 11 is 0. The van der Waals surface area contributed by atoms with E-state index in [1.807, 2.05) is 16.9 Å². The van der Waals surface area contributed by atoms with Crippen molar-refractivity contribution in [3.8, 4) is 0 Å². The van der Waals surface area contributed by atoms with Gasteiger partial charge in [0, 0.05) is 12.1 Å². The Kier molecular flexibility index (Phi) is 6.52. The fourth-order valence-electron chi connectivity index (χ4n) is 2.93. The van der Waals surface area contributed by atoms with Gasteiger partial charge in [-0.15, -0.1) is 0 Å². The molecule has 1 aliphatic heterocycles. The van der Waals surface area contributed by atoms with E-state index >= 15 is 0 Å². The van der Waals surface area contributed by atoms with E-state index in [4.69, 9.17) is 0 Å². The second-order valence-corrected chi connectivity index (χ2v) is 8.28. The van der Waals surface area contributed by atoms with Crippen molar-refractivity contribution in [3.63, 3.8) is 0 Å². The third kappa shape index (κ3) is 5.36. The lowest BCUT2D eigenvalue weighted by atomic mass is 9.99. The number of hydrogen-bond donors (Lipinski definition) is 3. The maximum absolute atomic E-state index is 12.5. The van der Waals surface area contributed by atoms with Crippen LogP contribution in [0.2, 0.25) is 0 Å². The molecule has 0 aliphatic carbocycles. The predicted molar refractivity (Wildman–Crippen MR) is 98.1 cm³/mol. The van der Waals surface area contributed by atoms with Gasteiger partial charge in [0.2, 0.25) is 15.9 Å². The minimum Gasteiger partial charge on any atom is -0.480 e. The standard InChI is InChI=1S/C17H21N3O7S/c1-10(21)14(15(17(24)25)19-28(2,26)27)18-13(22)9-20-8-7-11-5-3-4-6-12(11)16(20)23/h3-6,14-15,19H,7-9H2,1-2H3,(H,18,22)(H,24,25). The van der Waals surface area contributed by atoms with E-state index in [0.29, 0.717) is 12.0 Å². The first kappa shape index (κ1) is 21.5. The molecule has 0 bridgehead atoms. The van der Waals surface area contributed by atoms with Gasteiger partial charge in [-0.3, -0.25) is 19.2 Å². The number of carboxylic acid groups (broad SMARTS) is 1. The number of ketones is 1. The molecule has 152 valence electrons. The monoisotopic (exact) mass is 411 g/mol. The normalized spacial score (nSPS) is 16.1. The van der Waals surface area contributed by atoms with Crippen LogP contribution < -0.4 is 10.0 Å². The third-order valence-corrected chi connectivity index (χ3v) is 4.90. The van der Waals surface area contributed by atoms with Gasteiger partial charge in [0.15, 0.2) is 5.78 Å². The molecule has 1 aromatic rings. The van der Waals surface area contributed by atoms with Crippen molar-refractivity contribution in [1.29, 1.82) is 0 Å². The molecule has 3 N–H and O–H groups in total. The number of hydrogen-bond acceptors (Lipinski definition) is 6. The Morgan fingerprint density at radius 3 is 2.43 bits per heavy atom. The van der Waals surface area contributed by atoms with Gasteiger partial charge >= 0.3 is 5.97 Å². The Labute approximate surface area is 162 Å². The summed E-state index contributed by atoms with van der Waals surface area (Å²) in [6, 6.07) is 3.51. The molecule has 10 nitrogen and oxygen atoms in total. The van der Waals surface area contributed by atoms with Gasteiger partial charge in [-0.05, 0) is 25.0 Å². The molecule has 2 atom stereocenters. The Morgan fingerprint density at radius 1 is 1.21 bits per heavy atom. The second-order valence-electron chi connectivity index (χ2n) is 6.50. The van der Waals surface area contributed by atoms with Crippen LogP contribution in [-0.2, 0) is 30.8 Å². The molecule has 0 aromatic heterocycles. The van der Waals surface area contributed by atoms with Crippen LogP contribution in [0.25, 0.3) is 0 Å². The van der Waals surface area contributed by atoms with Gasteiger partial charge in [-0.25, -0.2) is 8.42 Å². The summed E-state index contributed by atoms with van der Waals surface area (Å²) in [5, 5.41) is 11.5. The smallest absolute Gasteiger partial charge is 0.324 e. The second kappa shape index (κ2) is 8.48. The van der Waals surface area contributed by atoms with Gasteiger partial charge in [0.1, 0.15) is 12.1 Å². The summed E-state index contributed by atoms with van der Waals surface area (Å²) in [5.41, 5.74) is 1.35. The van der Waals surface area contributed by atoms with Crippen molar-refractivity contribution in [2.24, 2.45) is 0 Å². The summed E-state index contributed by atoms with van der Waals surface area (Å²) in [5.74, 6) is -3.48. The lowest BCUT2D eigenvalue weighted by Crippen LogP contribution is -2.59. The number of carbonyl (C=O) groups excluding carboxylic acids is 3. The number of aliphatic carboxylic acids is 1. The largest absolute Gasteiger partial charge is 0.480 e. The molecular weight excluding hydrogens is 390 g/mol. The molecule has 1 heterocycles. The molecule has 0 spiro atoms. The number of carboxylic acids is 1. The molecule has 2 rings (SSSR count). The van der Waals surface area contributed by atoms with Gasteiger partial charge < -0.3 is 15.3 Å². The van der Waals surface area contributed by atoms with E-state index in [1.54, 1.807) is 12.1 Å². The first-order valence-corrected chi connectivity index (χ1v) is 10.3. The topological polar surface area (TPSA) is 150 Å². The lowest BCUT2D eigenvalue weighted by Gasteiger charge is -2.29. The summed E-state index contributed by atoms with van der Waals surface area (Å²) in [6.07, 6.45) is 1.30. The minimum absolute atomic E-state index is 0.290. The van der Waals surface area contributed by atoms with Crippen LogP contribution in [0.4, 0.5) is 0 Å². The maximum Gasteiger partial charge on any atom is 0.324 e. The fourth-order valence-corrected chi connectivity index (χ4v) is 3.63. The highest BCUT2D eigenvalue weighted by Gasteiger charge is 2.36. The highest BCUT2D eigenvalue weighted by molar-refractivity contribution is 7.88. The van der Waals surface area contributed by atoms with E-state index in [1.165, 1.54) is 4.90 Å². The van der Waals surface area contributed by atoms with Crippen LogP contribution >= 0.6 is 0 Å². The molecule has 0 saturated heterocycles. The quantitative estimate of drug-likeness (QED) is 0.484. The summed E-state index contributed by atoms with van der Waals surface area (Å²) in [6.45, 7) is 0.938. The molecule has 11 heteroatoms.